The number of benzene rings is 1. The maximum atomic E-state index is 11.9. The van der Waals surface area contributed by atoms with Gasteiger partial charge in [-0.2, -0.15) is 0 Å². The molecule has 0 aromatic heterocycles. The third-order valence-corrected chi connectivity index (χ3v) is 3.29. The first-order chi connectivity index (χ1) is 8.97. The quantitative estimate of drug-likeness (QED) is 0.819. The third kappa shape index (κ3) is 4.66. The Hall–Kier alpha value is -0.810. The molecule has 0 amide bonds. The molecule has 1 aromatic carbocycles. The molecule has 0 bridgehead atoms. The number of carbonyl (C=O) groups excluding carboxylic acids is 1. The summed E-state index contributed by atoms with van der Waals surface area (Å²) in [6.45, 7) is 1.41. The maximum absolute atomic E-state index is 11.9. The van der Waals surface area contributed by atoms with Crippen LogP contribution in [0.4, 0.5) is 0 Å². The Morgan fingerprint density at radius 3 is 2.42 bits per heavy atom. The summed E-state index contributed by atoms with van der Waals surface area (Å²) < 4.78 is 4.80. The number of esters is 1. The van der Waals surface area contributed by atoms with E-state index in [9.17, 15) is 4.79 Å². The van der Waals surface area contributed by atoms with Crippen molar-refractivity contribution in [2.75, 3.05) is 34.3 Å². The molecule has 6 heteroatoms. The fraction of sp³-hybridized carbons (Fsp3) is 0.462. The van der Waals surface area contributed by atoms with Gasteiger partial charge in [0.25, 0.3) is 0 Å². The summed E-state index contributed by atoms with van der Waals surface area (Å²) in [5, 5.41) is 4.00. The van der Waals surface area contributed by atoms with E-state index >= 15 is 0 Å². The molecule has 0 fully saturated rings. The number of hydrogen-bond donors (Lipinski definition) is 1. The summed E-state index contributed by atoms with van der Waals surface area (Å²) >= 11 is 12.2. The van der Waals surface area contributed by atoms with Gasteiger partial charge >= 0.3 is 5.97 Å². The van der Waals surface area contributed by atoms with Gasteiger partial charge in [0.15, 0.2) is 0 Å². The normalized spacial score (nSPS) is 12.5. The molecule has 1 rings (SSSR count). The highest BCUT2D eigenvalue weighted by atomic mass is 35.5. The number of halogens is 2. The highest BCUT2D eigenvalue weighted by molar-refractivity contribution is 6.36. The van der Waals surface area contributed by atoms with Crippen LogP contribution in [-0.2, 0) is 9.53 Å². The SMILES string of the molecule is COC(=O)C(NCCN(C)C)c1c(Cl)cccc1Cl. The van der Waals surface area contributed by atoms with E-state index in [-0.39, 0.29) is 0 Å². The number of nitrogens with one attached hydrogen (secondary N) is 1. The third-order valence-electron chi connectivity index (χ3n) is 2.63. The van der Waals surface area contributed by atoms with Crippen molar-refractivity contribution in [3.8, 4) is 0 Å². The van der Waals surface area contributed by atoms with E-state index in [1.807, 2.05) is 19.0 Å². The van der Waals surface area contributed by atoms with Crippen molar-refractivity contribution in [2.45, 2.75) is 6.04 Å². The number of rotatable bonds is 6. The molecule has 19 heavy (non-hydrogen) atoms. The molecule has 0 aliphatic rings. The molecule has 0 heterocycles. The standard InChI is InChI=1S/C13H18Cl2N2O2/c1-17(2)8-7-16-12(13(18)19-3)11-9(14)5-4-6-10(11)15/h4-6,12,16H,7-8H2,1-3H3. The summed E-state index contributed by atoms with van der Waals surface area (Å²) in [6, 6.07) is 4.48. The molecule has 0 aliphatic heterocycles. The van der Waals surface area contributed by atoms with Crippen molar-refractivity contribution in [3.63, 3.8) is 0 Å². The van der Waals surface area contributed by atoms with E-state index in [4.69, 9.17) is 27.9 Å². The first-order valence-electron chi connectivity index (χ1n) is 5.87. The van der Waals surface area contributed by atoms with E-state index in [0.29, 0.717) is 22.2 Å². The van der Waals surface area contributed by atoms with Crippen LogP contribution in [0.1, 0.15) is 11.6 Å². The monoisotopic (exact) mass is 304 g/mol. The minimum absolute atomic E-state index is 0.409. The highest BCUT2D eigenvalue weighted by Crippen LogP contribution is 2.30. The predicted octanol–water partition coefficient (Wildman–Crippen LogP) is 2.36. The van der Waals surface area contributed by atoms with Crippen LogP contribution in [0.15, 0.2) is 18.2 Å². The lowest BCUT2D eigenvalue weighted by Crippen LogP contribution is -2.35. The number of hydrogen-bond acceptors (Lipinski definition) is 4. The molecule has 0 saturated heterocycles. The number of methoxy groups -OCH3 is 1. The Morgan fingerprint density at radius 1 is 1.37 bits per heavy atom. The maximum Gasteiger partial charge on any atom is 0.327 e. The molecule has 0 saturated carbocycles. The zero-order chi connectivity index (χ0) is 14.4. The molecule has 1 aromatic rings. The molecule has 4 nitrogen and oxygen atoms in total. The minimum Gasteiger partial charge on any atom is -0.468 e. The van der Waals surface area contributed by atoms with Gasteiger partial charge in [0, 0.05) is 28.7 Å². The lowest BCUT2D eigenvalue weighted by molar-refractivity contribution is -0.143. The fourth-order valence-corrected chi connectivity index (χ4v) is 2.26. The molecule has 0 spiro atoms. The van der Waals surface area contributed by atoms with Gasteiger partial charge in [0.05, 0.1) is 7.11 Å². The molecule has 0 radical (unpaired) electrons. The van der Waals surface area contributed by atoms with E-state index in [0.717, 1.165) is 6.54 Å². The van der Waals surface area contributed by atoms with Crippen molar-refractivity contribution in [3.05, 3.63) is 33.8 Å². The fourth-order valence-electron chi connectivity index (χ4n) is 1.64. The molecule has 1 unspecified atom stereocenters. The topological polar surface area (TPSA) is 41.6 Å². The largest absolute Gasteiger partial charge is 0.468 e. The second kappa shape index (κ2) is 7.70. The smallest absolute Gasteiger partial charge is 0.327 e. The Kier molecular flexibility index (Phi) is 6.58. The lowest BCUT2D eigenvalue weighted by atomic mass is 10.1. The summed E-state index contributed by atoms with van der Waals surface area (Å²) in [4.78, 5) is 13.9. The number of carbonyl (C=O) groups is 1. The number of likely N-dealkylation sites (N-methyl/N-ethyl adjacent to an activating group) is 1. The molecular formula is C13H18Cl2N2O2. The van der Waals surface area contributed by atoms with E-state index < -0.39 is 12.0 Å². The highest BCUT2D eigenvalue weighted by Gasteiger charge is 2.25. The van der Waals surface area contributed by atoms with Crippen LogP contribution in [0.3, 0.4) is 0 Å². The van der Waals surface area contributed by atoms with Crippen LogP contribution in [-0.4, -0.2) is 45.2 Å². The summed E-state index contributed by atoms with van der Waals surface area (Å²) in [6.07, 6.45) is 0. The van der Waals surface area contributed by atoms with Crippen LogP contribution in [0.25, 0.3) is 0 Å². The average molecular weight is 305 g/mol. The van der Waals surface area contributed by atoms with Crippen molar-refractivity contribution in [1.29, 1.82) is 0 Å². The van der Waals surface area contributed by atoms with Crippen LogP contribution < -0.4 is 5.32 Å². The van der Waals surface area contributed by atoms with Crippen LogP contribution in [0, 0.1) is 0 Å². The zero-order valence-electron chi connectivity index (χ0n) is 11.2. The van der Waals surface area contributed by atoms with Crippen LogP contribution in [0.2, 0.25) is 10.0 Å². The lowest BCUT2D eigenvalue weighted by Gasteiger charge is -2.20. The molecular weight excluding hydrogens is 287 g/mol. The number of nitrogens with zero attached hydrogens (tertiary/aromatic N) is 1. The van der Waals surface area contributed by atoms with Crippen molar-refractivity contribution >= 4 is 29.2 Å². The van der Waals surface area contributed by atoms with Crippen molar-refractivity contribution < 1.29 is 9.53 Å². The molecule has 1 N–H and O–H groups in total. The summed E-state index contributed by atoms with van der Waals surface area (Å²) in [7, 11) is 5.25. The second-order valence-electron chi connectivity index (χ2n) is 4.35. The second-order valence-corrected chi connectivity index (χ2v) is 5.16. The van der Waals surface area contributed by atoms with Gasteiger partial charge in [-0.05, 0) is 26.2 Å². The van der Waals surface area contributed by atoms with E-state index in [1.165, 1.54) is 7.11 Å². The van der Waals surface area contributed by atoms with Crippen molar-refractivity contribution in [2.24, 2.45) is 0 Å². The minimum atomic E-state index is -0.661. The molecule has 1 atom stereocenters. The Morgan fingerprint density at radius 2 is 1.95 bits per heavy atom. The first-order valence-corrected chi connectivity index (χ1v) is 6.62. The van der Waals surface area contributed by atoms with Crippen LogP contribution in [0.5, 0.6) is 0 Å². The van der Waals surface area contributed by atoms with E-state index in [2.05, 4.69) is 5.32 Å². The molecule has 106 valence electrons. The first kappa shape index (κ1) is 16.2. The Balaban J connectivity index is 2.93. The van der Waals surface area contributed by atoms with Gasteiger partial charge in [-0.15, -0.1) is 0 Å². The molecule has 0 aliphatic carbocycles. The van der Waals surface area contributed by atoms with Gasteiger partial charge < -0.3 is 9.64 Å². The summed E-state index contributed by atoms with van der Waals surface area (Å²) in [5.74, 6) is -0.409. The van der Waals surface area contributed by atoms with Gasteiger partial charge in [0.2, 0.25) is 0 Å². The van der Waals surface area contributed by atoms with E-state index in [1.54, 1.807) is 18.2 Å². The predicted molar refractivity (Wildman–Crippen MR) is 77.8 cm³/mol. The van der Waals surface area contributed by atoms with Gasteiger partial charge in [-0.1, -0.05) is 29.3 Å². The summed E-state index contributed by atoms with van der Waals surface area (Å²) in [5.41, 5.74) is 0.552. The average Bonchev–Trinajstić information content (AvgIpc) is 2.35. The van der Waals surface area contributed by atoms with Crippen molar-refractivity contribution in [1.82, 2.24) is 10.2 Å². The zero-order valence-corrected chi connectivity index (χ0v) is 12.8. The van der Waals surface area contributed by atoms with Gasteiger partial charge in [-0.25, -0.2) is 4.79 Å². The number of ether oxygens (including phenoxy) is 1. The van der Waals surface area contributed by atoms with Crippen LogP contribution >= 0.6 is 23.2 Å². The Labute approximate surface area is 123 Å². The van der Waals surface area contributed by atoms with Gasteiger partial charge in [-0.3, -0.25) is 5.32 Å². The Bertz CT molecular complexity index is 418. The van der Waals surface area contributed by atoms with Gasteiger partial charge in [0.1, 0.15) is 6.04 Å².